The van der Waals surface area contributed by atoms with Crippen molar-refractivity contribution >= 4 is 59.1 Å². The fraction of sp³-hybridized carbons (Fsp3) is 0.615. The van der Waals surface area contributed by atoms with E-state index in [2.05, 4.69) is 31.9 Å². The summed E-state index contributed by atoms with van der Waals surface area (Å²) in [4.78, 5) is 123. The Kier molecular flexibility index (Phi) is 15.7. The predicted octanol–water partition coefficient (Wildman–Crippen LogP) is -6.63. The van der Waals surface area contributed by atoms with Crippen molar-refractivity contribution in [1.29, 1.82) is 0 Å². The number of carbonyl (C=O) groups excluding carboxylic acids is 9. The topological polar surface area (TPSA) is 344 Å². The molecule has 1 aliphatic heterocycles. The summed E-state index contributed by atoms with van der Waals surface area (Å²) in [5.74, 6) is -9.14. The Balaban J connectivity index is 3.00. The highest BCUT2D eigenvalue weighted by atomic mass is 16.4. The van der Waals surface area contributed by atoms with Gasteiger partial charge in [0, 0.05) is 6.54 Å². The van der Waals surface area contributed by atoms with E-state index in [0.717, 1.165) is 4.90 Å². The second-order valence-corrected chi connectivity index (χ2v) is 10.7. The predicted molar refractivity (Wildman–Crippen MR) is 159 cm³/mol. The maximum absolute atomic E-state index is 13.4. The summed E-state index contributed by atoms with van der Waals surface area (Å²) in [6, 6.07) is -7.94. The van der Waals surface area contributed by atoms with Crippen LogP contribution in [0.25, 0.3) is 0 Å². The Hall–Kier alpha value is -5.34. The molecule has 1 saturated heterocycles. The first-order valence-electron chi connectivity index (χ1n) is 14.4. The Morgan fingerprint density at radius 2 is 1.23 bits per heavy atom. The van der Waals surface area contributed by atoms with Crippen molar-refractivity contribution in [3.8, 4) is 0 Å². The van der Waals surface area contributed by atoms with Crippen molar-refractivity contribution in [3.05, 3.63) is 0 Å². The SMILES string of the molecule is C[C@H](NC(=O)CN)C(=O)N[C@@H](CC(N)=O)C(=O)N1CCC[C@H]1C(=O)N[C@@H](CC(N)=O)C(=O)N[C@@H](C)C(=O)N[C@@H](C)C(=O)NCC(=O)O. The number of carboxylic acids is 1. The van der Waals surface area contributed by atoms with Crippen LogP contribution in [0.4, 0.5) is 0 Å². The van der Waals surface area contributed by atoms with Crippen LogP contribution < -0.4 is 49.1 Å². The van der Waals surface area contributed by atoms with Crippen molar-refractivity contribution in [2.45, 2.75) is 82.7 Å². The lowest BCUT2D eigenvalue weighted by Crippen LogP contribution is -2.59. The van der Waals surface area contributed by atoms with Gasteiger partial charge < -0.3 is 59.1 Å². The third kappa shape index (κ3) is 13.3. The van der Waals surface area contributed by atoms with Crippen LogP contribution in [0, 0.1) is 0 Å². The second kappa shape index (κ2) is 18.6. The minimum absolute atomic E-state index is 0.0175. The number of nitrogens with one attached hydrogen (secondary N) is 6. The van der Waals surface area contributed by atoms with E-state index in [-0.39, 0.29) is 13.0 Å². The first kappa shape index (κ1) is 39.7. The van der Waals surface area contributed by atoms with Crippen LogP contribution in [0.5, 0.6) is 0 Å². The molecule has 9 amide bonds. The molecule has 0 radical (unpaired) electrons. The minimum Gasteiger partial charge on any atom is -0.480 e. The van der Waals surface area contributed by atoms with Crippen molar-refractivity contribution in [1.82, 2.24) is 36.8 Å². The van der Waals surface area contributed by atoms with Crippen LogP contribution in [0.15, 0.2) is 0 Å². The summed E-state index contributed by atoms with van der Waals surface area (Å²) in [5.41, 5.74) is 15.7. The molecule has 1 rings (SSSR count). The Morgan fingerprint density at radius 3 is 1.79 bits per heavy atom. The van der Waals surface area contributed by atoms with Gasteiger partial charge in [0.1, 0.15) is 42.8 Å². The number of primary amides is 2. The largest absolute Gasteiger partial charge is 0.480 e. The zero-order chi connectivity index (χ0) is 36.0. The van der Waals surface area contributed by atoms with Crippen molar-refractivity contribution < 1.29 is 53.1 Å². The first-order chi connectivity index (χ1) is 21.9. The van der Waals surface area contributed by atoms with Crippen LogP contribution >= 0.6 is 0 Å². The zero-order valence-corrected chi connectivity index (χ0v) is 26.1. The molecule has 0 aliphatic carbocycles. The van der Waals surface area contributed by atoms with Gasteiger partial charge in [-0.05, 0) is 33.6 Å². The maximum atomic E-state index is 13.4. The molecule has 0 saturated carbocycles. The van der Waals surface area contributed by atoms with E-state index in [9.17, 15) is 47.9 Å². The van der Waals surface area contributed by atoms with Gasteiger partial charge in [0.15, 0.2) is 0 Å². The summed E-state index contributed by atoms with van der Waals surface area (Å²) in [5, 5.41) is 22.3. The second-order valence-electron chi connectivity index (χ2n) is 10.7. The van der Waals surface area contributed by atoms with Gasteiger partial charge in [-0.2, -0.15) is 0 Å². The number of carbonyl (C=O) groups is 10. The van der Waals surface area contributed by atoms with Crippen LogP contribution in [0.3, 0.4) is 0 Å². The quantitative estimate of drug-likeness (QED) is 0.0651. The van der Waals surface area contributed by atoms with Crippen molar-refractivity contribution in [2.24, 2.45) is 17.2 Å². The first-order valence-corrected chi connectivity index (χ1v) is 14.4. The van der Waals surface area contributed by atoms with Crippen molar-refractivity contribution in [3.63, 3.8) is 0 Å². The van der Waals surface area contributed by atoms with E-state index in [1.165, 1.54) is 20.8 Å². The van der Waals surface area contributed by atoms with E-state index in [1.54, 1.807) is 0 Å². The van der Waals surface area contributed by atoms with Gasteiger partial charge in [0.25, 0.3) is 0 Å². The van der Waals surface area contributed by atoms with Gasteiger partial charge in [-0.25, -0.2) is 0 Å². The van der Waals surface area contributed by atoms with E-state index < -0.39 is 121 Å². The monoisotopic (exact) mass is 670 g/mol. The molecular weight excluding hydrogens is 628 g/mol. The smallest absolute Gasteiger partial charge is 0.322 e. The van der Waals surface area contributed by atoms with Gasteiger partial charge in [0.2, 0.25) is 53.2 Å². The summed E-state index contributed by atoms with van der Waals surface area (Å²) in [7, 11) is 0. The molecule has 1 fully saturated rings. The Bertz CT molecular complexity index is 1260. The number of rotatable bonds is 18. The average Bonchev–Trinajstić information content (AvgIpc) is 3.48. The highest BCUT2D eigenvalue weighted by Crippen LogP contribution is 2.20. The third-order valence-corrected chi connectivity index (χ3v) is 6.77. The van der Waals surface area contributed by atoms with E-state index >= 15 is 0 Å². The standard InChI is InChI=1S/C26H42N10O11/c1-11(21(42)30-10-20(40)41)32-22(43)13(3)33-24(45)14(7-17(28)37)34-25(46)16-5-4-6-36(16)26(47)15(8-18(29)38)35-23(44)12(2)31-19(39)9-27/h11-16H,4-10,27H2,1-3H3,(H2,28,37)(H2,29,38)(H,30,42)(H,31,39)(H,32,43)(H,33,45)(H,34,46)(H,35,44)(H,40,41)/t11-,12-,13-,14-,15-,16-/m0/s1. The molecule has 1 aliphatic rings. The number of nitrogens with two attached hydrogens (primary N) is 3. The molecule has 0 aromatic carbocycles. The molecule has 21 nitrogen and oxygen atoms in total. The molecule has 21 heteroatoms. The van der Waals surface area contributed by atoms with Crippen LogP contribution in [-0.2, 0) is 47.9 Å². The lowest BCUT2D eigenvalue weighted by Gasteiger charge is -2.30. The fourth-order valence-corrected chi connectivity index (χ4v) is 4.34. The Labute approximate surface area is 268 Å². The van der Waals surface area contributed by atoms with Gasteiger partial charge in [-0.1, -0.05) is 0 Å². The lowest BCUT2D eigenvalue weighted by molar-refractivity contribution is -0.143. The fourth-order valence-electron chi connectivity index (χ4n) is 4.34. The van der Waals surface area contributed by atoms with Gasteiger partial charge in [0.05, 0.1) is 19.4 Å². The zero-order valence-electron chi connectivity index (χ0n) is 26.1. The maximum Gasteiger partial charge on any atom is 0.322 e. The van der Waals surface area contributed by atoms with Gasteiger partial charge >= 0.3 is 5.97 Å². The Morgan fingerprint density at radius 1 is 0.723 bits per heavy atom. The van der Waals surface area contributed by atoms with E-state index in [4.69, 9.17) is 22.3 Å². The van der Waals surface area contributed by atoms with E-state index in [1.807, 2.05) is 0 Å². The molecule has 1 heterocycles. The molecule has 0 spiro atoms. The number of hydrogen-bond acceptors (Lipinski definition) is 11. The minimum atomic E-state index is -1.60. The average molecular weight is 671 g/mol. The molecule has 13 N–H and O–H groups in total. The van der Waals surface area contributed by atoms with Crippen LogP contribution in [0.2, 0.25) is 0 Å². The number of hydrogen-bond donors (Lipinski definition) is 10. The summed E-state index contributed by atoms with van der Waals surface area (Å²) in [6.45, 7) is 2.76. The number of amides is 9. The molecule has 262 valence electrons. The van der Waals surface area contributed by atoms with E-state index in [0.29, 0.717) is 6.42 Å². The summed E-state index contributed by atoms with van der Waals surface area (Å²) in [6.07, 6.45) is -0.928. The molecule has 0 unspecified atom stereocenters. The molecule has 0 aromatic rings. The third-order valence-electron chi connectivity index (χ3n) is 6.77. The highest BCUT2D eigenvalue weighted by Gasteiger charge is 2.40. The molecule has 0 bridgehead atoms. The number of aliphatic carboxylic acids is 1. The molecule has 0 aromatic heterocycles. The lowest BCUT2D eigenvalue weighted by atomic mass is 10.1. The van der Waals surface area contributed by atoms with Crippen molar-refractivity contribution in [2.75, 3.05) is 19.6 Å². The van der Waals surface area contributed by atoms with Crippen LogP contribution in [-0.4, -0.2) is 125 Å². The number of carboxylic acid groups (broad SMARTS) is 1. The summed E-state index contributed by atoms with van der Waals surface area (Å²) >= 11 is 0. The van der Waals surface area contributed by atoms with Gasteiger partial charge in [-0.15, -0.1) is 0 Å². The number of nitrogens with zero attached hydrogens (tertiary/aromatic N) is 1. The molecule has 6 atom stereocenters. The number of likely N-dealkylation sites (tertiary alicyclic amines) is 1. The van der Waals surface area contributed by atoms with Crippen LogP contribution in [0.1, 0.15) is 46.5 Å². The van der Waals surface area contributed by atoms with Gasteiger partial charge in [-0.3, -0.25) is 47.9 Å². The summed E-state index contributed by atoms with van der Waals surface area (Å²) < 4.78 is 0. The normalized spacial score (nSPS) is 17.0. The highest BCUT2D eigenvalue weighted by molar-refractivity contribution is 5.99. The molecule has 47 heavy (non-hydrogen) atoms. The molecular formula is C26H42N10O11.